The molecule has 0 amide bonds. The molecule has 0 aliphatic rings. The first kappa shape index (κ1) is 14.3. The van der Waals surface area contributed by atoms with Gasteiger partial charge in [0.05, 0.1) is 0 Å². The Hall–Kier alpha value is -1.65. The second kappa shape index (κ2) is 5.62. The molecule has 1 N–H and O–H groups in total. The maximum absolute atomic E-state index is 4.60. The number of rotatable bonds is 4. The average Bonchev–Trinajstić information content (AvgIpc) is 3.04. The molecule has 0 radical (unpaired) electrons. The Morgan fingerprint density at radius 2 is 2.10 bits per heavy atom. The summed E-state index contributed by atoms with van der Waals surface area (Å²) in [5.41, 5.74) is 6.66. The average molecular weight is 348 g/mol. The van der Waals surface area contributed by atoms with Gasteiger partial charge in [-0.2, -0.15) is 0 Å². The van der Waals surface area contributed by atoms with Crippen LogP contribution in [0.25, 0.3) is 11.0 Å². The van der Waals surface area contributed by atoms with Gasteiger partial charge >= 0.3 is 130 Å². The van der Waals surface area contributed by atoms with Gasteiger partial charge in [0.25, 0.3) is 0 Å². The van der Waals surface area contributed by atoms with Crippen LogP contribution in [-0.2, 0) is 6.54 Å². The van der Waals surface area contributed by atoms with Gasteiger partial charge in [0.1, 0.15) is 0 Å². The van der Waals surface area contributed by atoms with Crippen molar-refractivity contribution in [3.05, 3.63) is 35.2 Å². The monoisotopic (exact) mass is 349 g/mol. The molecule has 2 aromatic heterocycles. The van der Waals surface area contributed by atoms with Gasteiger partial charge in [-0.05, 0) is 0 Å². The van der Waals surface area contributed by atoms with E-state index in [-0.39, 0.29) is 21.0 Å². The molecule has 110 valence electrons. The molecule has 0 fully saturated rings. The zero-order valence-electron chi connectivity index (χ0n) is 12.7. The molecule has 1 aromatic carbocycles. The van der Waals surface area contributed by atoms with Crippen LogP contribution in [0, 0.1) is 13.8 Å². The molecule has 3 rings (SSSR count). The number of nitrogens with zero attached hydrogens (tertiary/aromatic N) is 4. The van der Waals surface area contributed by atoms with Gasteiger partial charge in [-0.25, -0.2) is 0 Å². The third-order valence-corrected chi connectivity index (χ3v) is 4.97. The van der Waals surface area contributed by atoms with Crippen molar-refractivity contribution in [2.45, 2.75) is 40.3 Å². The Balaban J connectivity index is 1.95. The first-order valence-electron chi connectivity index (χ1n) is 7.13. The number of aryl methyl sites for hydroxylation is 2. The summed E-state index contributed by atoms with van der Waals surface area (Å²) in [6, 6.07) is 6.32. The fraction of sp³-hybridized carbons (Fsp3) is 0.400. The first-order chi connectivity index (χ1) is 10.1. The molecular weight excluding hydrogens is 329 g/mol. The Bertz CT molecular complexity index is 774. The Labute approximate surface area is 130 Å². The van der Waals surface area contributed by atoms with Gasteiger partial charge in [-0.1, -0.05) is 0 Å². The third-order valence-electron chi connectivity index (χ3n) is 3.83. The van der Waals surface area contributed by atoms with E-state index in [0.29, 0.717) is 0 Å². The van der Waals surface area contributed by atoms with E-state index < -0.39 is 0 Å². The molecule has 21 heavy (non-hydrogen) atoms. The van der Waals surface area contributed by atoms with Gasteiger partial charge in [-0.15, -0.1) is 0 Å². The topological polar surface area (TPSA) is 55.6 Å². The fourth-order valence-electron chi connectivity index (χ4n) is 2.87. The van der Waals surface area contributed by atoms with Crippen LogP contribution in [0.2, 0.25) is 0 Å². The van der Waals surface area contributed by atoms with E-state index in [2.05, 4.69) is 56.8 Å². The number of benzene rings is 1. The van der Waals surface area contributed by atoms with Crippen LogP contribution in [0.1, 0.15) is 36.8 Å². The van der Waals surface area contributed by atoms with E-state index in [9.17, 15) is 0 Å². The SMILES string of the molecule is CCn1nc(C)c(C(C)Nc2cccc3n[se]nc23)c1C. The van der Waals surface area contributed by atoms with Crippen LogP contribution in [0.5, 0.6) is 0 Å². The molecule has 2 heterocycles. The number of anilines is 1. The Morgan fingerprint density at radius 1 is 1.29 bits per heavy atom. The molecule has 1 unspecified atom stereocenters. The summed E-state index contributed by atoms with van der Waals surface area (Å²) < 4.78 is 11.0. The molecule has 0 saturated carbocycles. The summed E-state index contributed by atoms with van der Waals surface area (Å²) in [5.74, 6) is 0. The van der Waals surface area contributed by atoms with Crippen molar-refractivity contribution in [3.63, 3.8) is 0 Å². The second-order valence-corrected chi connectivity index (χ2v) is 6.31. The molecule has 6 heteroatoms. The predicted octanol–water partition coefficient (Wildman–Crippen LogP) is 2.69. The summed E-state index contributed by atoms with van der Waals surface area (Å²) >= 11 is 0.00226. The minimum atomic E-state index is 0.00226. The molecule has 0 bridgehead atoms. The van der Waals surface area contributed by atoms with Crippen molar-refractivity contribution in [3.8, 4) is 0 Å². The standard InChI is InChI=1S/C15H19N5Se/c1-5-20-11(4)14(10(3)17-20)9(2)16-12-7-6-8-13-15(12)19-21-18-13/h6-9,16H,5H2,1-4H3. The number of fused-ring (bicyclic) bond motifs is 1. The number of nitrogens with one attached hydrogen (secondary N) is 1. The third kappa shape index (κ3) is 2.49. The summed E-state index contributed by atoms with van der Waals surface area (Å²) in [6.07, 6.45) is 0. The number of hydrogen-bond acceptors (Lipinski definition) is 4. The fourth-order valence-corrected chi connectivity index (χ4v) is 4.03. The van der Waals surface area contributed by atoms with Crippen LogP contribution in [-0.4, -0.2) is 32.7 Å². The Kier molecular flexibility index (Phi) is 3.83. The van der Waals surface area contributed by atoms with Gasteiger partial charge in [0, 0.05) is 0 Å². The summed E-state index contributed by atoms with van der Waals surface area (Å²) in [7, 11) is 0. The van der Waals surface area contributed by atoms with Crippen LogP contribution < -0.4 is 5.32 Å². The molecule has 3 aromatic rings. The summed E-state index contributed by atoms with van der Waals surface area (Å²) in [6.45, 7) is 9.40. The van der Waals surface area contributed by atoms with Crippen LogP contribution in [0.4, 0.5) is 5.69 Å². The molecule has 0 aliphatic heterocycles. The summed E-state index contributed by atoms with van der Waals surface area (Å²) in [5, 5.41) is 8.18. The zero-order chi connectivity index (χ0) is 15.0. The summed E-state index contributed by atoms with van der Waals surface area (Å²) in [4.78, 5) is 0. The number of aromatic nitrogens is 4. The molecule has 1 atom stereocenters. The first-order valence-corrected chi connectivity index (χ1v) is 8.66. The van der Waals surface area contributed by atoms with Crippen LogP contribution in [0.3, 0.4) is 0 Å². The van der Waals surface area contributed by atoms with Crippen molar-refractivity contribution in [2.75, 3.05) is 5.32 Å². The van der Waals surface area contributed by atoms with E-state index in [4.69, 9.17) is 0 Å². The zero-order valence-corrected chi connectivity index (χ0v) is 14.4. The minimum absolute atomic E-state index is 0.00226. The van der Waals surface area contributed by atoms with Gasteiger partial charge in [0.15, 0.2) is 0 Å². The number of hydrogen-bond donors (Lipinski definition) is 1. The van der Waals surface area contributed by atoms with E-state index in [0.717, 1.165) is 29.0 Å². The van der Waals surface area contributed by atoms with E-state index >= 15 is 0 Å². The van der Waals surface area contributed by atoms with Gasteiger partial charge < -0.3 is 0 Å². The molecule has 0 spiro atoms. The molecule has 0 aliphatic carbocycles. The Morgan fingerprint density at radius 3 is 2.81 bits per heavy atom. The predicted molar refractivity (Wildman–Crippen MR) is 85.9 cm³/mol. The van der Waals surface area contributed by atoms with E-state index in [1.807, 2.05) is 12.1 Å². The van der Waals surface area contributed by atoms with Crippen LogP contribution >= 0.6 is 0 Å². The van der Waals surface area contributed by atoms with Gasteiger partial charge in [0.2, 0.25) is 0 Å². The molecule has 0 saturated heterocycles. The van der Waals surface area contributed by atoms with Crippen molar-refractivity contribution in [2.24, 2.45) is 0 Å². The van der Waals surface area contributed by atoms with Crippen molar-refractivity contribution in [1.82, 2.24) is 17.7 Å². The van der Waals surface area contributed by atoms with E-state index in [1.54, 1.807) is 0 Å². The maximum atomic E-state index is 4.60. The second-order valence-electron chi connectivity index (χ2n) is 5.20. The van der Waals surface area contributed by atoms with E-state index in [1.165, 1.54) is 11.3 Å². The normalized spacial score (nSPS) is 12.8. The van der Waals surface area contributed by atoms with Crippen molar-refractivity contribution < 1.29 is 0 Å². The molecule has 5 nitrogen and oxygen atoms in total. The van der Waals surface area contributed by atoms with Crippen LogP contribution in [0.15, 0.2) is 18.2 Å². The van der Waals surface area contributed by atoms with Crippen molar-refractivity contribution in [1.29, 1.82) is 0 Å². The van der Waals surface area contributed by atoms with Gasteiger partial charge in [-0.3, -0.25) is 0 Å². The van der Waals surface area contributed by atoms with Crippen molar-refractivity contribution >= 4 is 31.7 Å². The molecular formula is C15H19N5Se. The quantitative estimate of drug-likeness (QED) is 0.737.